The lowest BCUT2D eigenvalue weighted by Gasteiger charge is -2.26. The SMILES string of the molecule is c1ccc(-c2ccc(-c3ccc(N(c4ccc(-c5ccc(-c6ccccc6)cc5)cc4)c4cccc(-c5cccc(-c6cccc7c6c6ccccc6n7-c6cccc7c6oc6ccccc67)c5)c4)cc3)cc2)cc1. The predicted molar refractivity (Wildman–Crippen MR) is 315 cm³/mol. The topological polar surface area (TPSA) is 21.3 Å². The second-order valence-corrected chi connectivity index (χ2v) is 19.3. The molecular weight excluding hydrogens is 909 g/mol. The first-order valence-corrected chi connectivity index (χ1v) is 25.6. The van der Waals surface area contributed by atoms with Gasteiger partial charge in [0.05, 0.1) is 16.7 Å². The van der Waals surface area contributed by atoms with Crippen LogP contribution < -0.4 is 4.90 Å². The van der Waals surface area contributed by atoms with Gasteiger partial charge in [0, 0.05) is 38.6 Å². The second-order valence-electron chi connectivity index (χ2n) is 19.3. The van der Waals surface area contributed by atoms with E-state index in [2.05, 4.69) is 295 Å². The smallest absolute Gasteiger partial charge is 0.159 e. The number of hydrogen-bond donors (Lipinski definition) is 0. The van der Waals surface area contributed by atoms with Gasteiger partial charge in [0.15, 0.2) is 5.58 Å². The van der Waals surface area contributed by atoms with Crippen LogP contribution in [0, 0.1) is 0 Å². The highest BCUT2D eigenvalue weighted by Crippen LogP contribution is 2.43. The van der Waals surface area contributed by atoms with Gasteiger partial charge >= 0.3 is 0 Å². The molecule has 75 heavy (non-hydrogen) atoms. The quantitative estimate of drug-likeness (QED) is 0.136. The van der Waals surface area contributed by atoms with Crippen molar-refractivity contribution in [1.82, 2.24) is 4.57 Å². The van der Waals surface area contributed by atoms with Crippen LogP contribution in [-0.4, -0.2) is 4.57 Å². The van der Waals surface area contributed by atoms with Crippen molar-refractivity contribution in [2.45, 2.75) is 0 Å². The molecule has 14 rings (SSSR count). The Labute approximate surface area is 436 Å². The van der Waals surface area contributed by atoms with E-state index in [4.69, 9.17) is 4.42 Å². The van der Waals surface area contributed by atoms with Crippen molar-refractivity contribution in [1.29, 1.82) is 0 Å². The van der Waals surface area contributed by atoms with Crippen LogP contribution in [0.3, 0.4) is 0 Å². The number of anilines is 3. The number of benzene rings is 12. The summed E-state index contributed by atoms with van der Waals surface area (Å²) in [5.74, 6) is 0. The molecule has 0 saturated heterocycles. The molecule has 0 aliphatic heterocycles. The summed E-state index contributed by atoms with van der Waals surface area (Å²) < 4.78 is 9.00. The highest BCUT2D eigenvalue weighted by atomic mass is 16.3. The van der Waals surface area contributed by atoms with E-state index >= 15 is 0 Å². The van der Waals surface area contributed by atoms with Crippen LogP contribution in [0.1, 0.15) is 0 Å². The van der Waals surface area contributed by atoms with E-state index in [9.17, 15) is 0 Å². The molecule has 0 atom stereocenters. The number of rotatable bonds is 10. The zero-order chi connectivity index (χ0) is 49.7. The molecule has 2 aromatic heterocycles. The normalized spacial score (nSPS) is 11.5. The summed E-state index contributed by atoms with van der Waals surface area (Å²) in [5, 5.41) is 4.65. The third-order valence-electron chi connectivity index (χ3n) is 14.8. The van der Waals surface area contributed by atoms with Gasteiger partial charge in [-0.3, -0.25) is 0 Å². The molecule has 12 aromatic carbocycles. The largest absolute Gasteiger partial charge is 0.454 e. The Bertz CT molecular complexity index is 4230. The summed E-state index contributed by atoms with van der Waals surface area (Å²) in [7, 11) is 0. The lowest BCUT2D eigenvalue weighted by atomic mass is 9.95. The van der Waals surface area contributed by atoms with E-state index in [-0.39, 0.29) is 0 Å². The van der Waals surface area contributed by atoms with E-state index in [1.165, 1.54) is 60.8 Å². The van der Waals surface area contributed by atoms with Crippen LogP contribution in [0.4, 0.5) is 17.1 Å². The number of para-hydroxylation sites is 3. The minimum atomic E-state index is 0.886. The minimum Gasteiger partial charge on any atom is -0.454 e. The third-order valence-corrected chi connectivity index (χ3v) is 14.8. The summed E-state index contributed by atoms with van der Waals surface area (Å²) in [5.41, 5.74) is 22.5. The third kappa shape index (κ3) is 7.95. The highest BCUT2D eigenvalue weighted by molar-refractivity contribution is 6.17. The van der Waals surface area contributed by atoms with E-state index < -0.39 is 0 Å². The average Bonchev–Trinajstić information content (AvgIpc) is 4.05. The summed E-state index contributed by atoms with van der Waals surface area (Å²) in [4.78, 5) is 2.37. The molecule has 0 aliphatic rings. The Morgan fingerprint density at radius 1 is 0.267 bits per heavy atom. The second kappa shape index (κ2) is 18.6. The van der Waals surface area contributed by atoms with Crippen molar-refractivity contribution in [2.75, 3.05) is 4.90 Å². The van der Waals surface area contributed by atoms with Gasteiger partial charge in [0.2, 0.25) is 0 Å². The molecule has 3 nitrogen and oxygen atoms in total. The Morgan fingerprint density at radius 2 is 0.693 bits per heavy atom. The van der Waals surface area contributed by atoms with Crippen LogP contribution in [0.2, 0.25) is 0 Å². The van der Waals surface area contributed by atoms with Crippen LogP contribution in [0.25, 0.3) is 116 Å². The maximum Gasteiger partial charge on any atom is 0.159 e. The van der Waals surface area contributed by atoms with E-state index in [0.29, 0.717) is 0 Å². The van der Waals surface area contributed by atoms with Gasteiger partial charge in [-0.1, -0.05) is 224 Å². The molecule has 0 amide bonds. The van der Waals surface area contributed by atoms with Crippen molar-refractivity contribution < 1.29 is 4.42 Å². The summed E-state index contributed by atoms with van der Waals surface area (Å²) >= 11 is 0. The maximum absolute atomic E-state index is 6.62. The van der Waals surface area contributed by atoms with E-state index in [0.717, 1.165) is 72.4 Å². The van der Waals surface area contributed by atoms with Crippen molar-refractivity contribution in [3.63, 3.8) is 0 Å². The van der Waals surface area contributed by atoms with Crippen LogP contribution in [0.15, 0.2) is 296 Å². The molecule has 0 bridgehead atoms. The number of nitrogens with zero attached hydrogens (tertiary/aromatic N) is 2. The van der Waals surface area contributed by atoms with Gasteiger partial charge in [0.25, 0.3) is 0 Å². The lowest BCUT2D eigenvalue weighted by molar-refractivity contribution is 0.666. The van der Waals surface area contributed by atoms with Gasteiger partial charge < -0.3 is 13.9 Å². The molecule has 0 saturated carbocycles. The fraction of sp³-hybridized carbons (Fsp3) is 0. The molecule has 14 aromatic rings. The van der Waals surface area contributed by atoms with Crippen LogP contribution in [-0.2, 0) is 0 Å². The van der Waals surface area contributed by atoms with Crippen LogP contribution in [0.5, 0.6) is 0 Å². The van der Waals surface area contributed by atoms with Crippen molar-refractivity contribution >= 4 is 60.8 Å². The molecule has 0 unspecified atom stereocenters. The zero-order valence-electron chi connectivity index (χ0n) is 41.0. The Balaban J connectivity index is 0.838. The highest BCUT2D eigenvalue weighted by Gasteiger charge is 2.21. The number of fused-ring (bicyclic) bond motifs is 6. The minimum absolute atomic E-state index is 0.886. The summed E-state index contributed by atoms with van der Waals surface area (Å²) in [6, 6.07) is 105. The number of furan rings is 1. The zero-order valence-corrected chi connectivity index (χ0v) is 41.0. The monoisotopic (exact) mass is 956 g/mol. The molecule has 0 radical (unpaired) electrons. The van der Waals surface area contributed by atoms with Crippen molar-refractivity contribution in [2.24, 2.45) is 0 Å². The van der Waals surface area contributed by atoms with Gasteiger partial charge in [-0.25, -0.2) is 0 Å². The molecule has 0 spiro atoms. The van der Waals surface area contributed by atoms with Gasteiger partial charge in [-0.2, -0.15) is 0 Å². The molecular formula is C72H48N2O. The van der Waals surface area contributed by atoms with Crippen LogP contribution >= 0.6 is 0 Å². The molecule has 0 N–H and O–H groups in total. The van der Waals surface area contributed by atoms with Crippen molar-refractivity contribution in [3.05, 3.63) is 291 Å². The average molecular weight is 957 g/mol. The Morgan fingerprint density at radius 3 is 1.31 bits per heavy atom. The first-order valence-electron chi connectivity index (χ1n) is 25.6. The first-order chi connectivity index (χ1) is 37.2. The standard InChI is InChI=1S/C72H48N2O/c1-3-15-49(16-4-1)51-31-35-53(36-32-51)55-39-43-60(44-40-55)73(61-45-41-56(42-46-61)54-37-33-52(34-38-54)50-17-5-2-6-18-50)62-22-12-20-58(48-62)57-19-11-21-59(47-57)63-25-13-28-68-71(63)66-24-7-9-27-67(66)74(68)69-29-14-26-65-64-23-8-10-30-70(64)75-72(65)69/h1-48H. The molecule has 0 aliphatic carbocycles. The summed E-state index contributed by atoms with van der Waals surface area (Å²) in [6.07, 6.45) is 0. The lowest BCUT2D eigenvalue weighted by Crippen LogP contribution is -2.10. The van der Waals surface area contributed by atoms with E-state index in [1.807, 2.05) is 6.07 Å². The molecule has 2 heterocycles. The van der Waals surface area contributed by atoms with Gasteiger partial charge in [-0.05, 0) is 133 Å². The Kier molecular flexibility index (Phi) is 10.8. The fourth-order valence-corrected chi connectivity index (χ4v) is 11.1. The number of hydrogen-bond acceptors (Lipinski definition) is 2. The van der Waals surface area contributed by atoms with Gasteiger partial charge in [0.1, 0.15) is 5.58 Å². The molecule has 0 fully saturated rings. The number of aromatic nitrogens is 1. The maximum atomic E-state index is 6.62. The molecule has 3 heteroatoms. The fourth-order valence-electron chi connectivity index (χ4n) is 11.1. The molecule has 352 valence electrons. The first kappa shape index (κ1) is 43.8. The Hall–Kier alpha value is -9.96. The summed E-state index contributed by atoms with van der Waals surface area (Å²) in [6.45, 7) is 0. The predicted octanol–water partition coefficient (Wildman–Crippen LogP) is 20.2. The van der Waals surface area contributed by atoms with Crippen molar-refractivity contribution in [3.8, 4) is 72.4 Å². The van der Waals surface area contributed by atoms with E-state index in [1.54, 1.807) is 0 Å². The van der Waals surface area contributed by atoms with Gasteiger partial charge in [-0.15, -0.1) is 0 Å².